The molecule has 0 amide bonds. The summed E-state index contributed by atoms with van der Waals surface area (Å²) in [5.41, 5.74) is 0.769. The molecule has 2 rings (SSSR count). The van der Waals surface area contributed by atoms with Crippen LogP contribution >= 0.6 is 11.6 Å². The lowest BCUT2D eigenvalue weighted by Crippen LogP contribution is -2.14. The van der Waals surface area contributed by atoms with Crippen LogP contribution in [0.1, 0.15) is 28.9 Å². The first-order chi connectivity index (χ1) is 10.3. The van der Waals surface area contributed by atoms with Gasteiger partial charge in [-0.1, -0.05) is 41.9 Å². The number of sulfonamides is 1. The van der Waals surface area contributed by atoms with Crippen LogP contribution in [0.3, 0.4) is 0 Å². The molecule has 22 heavy (non-hydrogen) atoms. The van der Waals surface area contributed by atoms with Crippen molar-refractivity contribution >= 4 is 27.6 Å². The van der Waals surface area contributed by atoms with Crippen LogP contribution in [0.2, 0.25) is 5.02 Å². The molecule has 0 heterocycles. The molecule has 2 aromatic rings. The molecule has 0 fully saturated rings. The van der Waals surface area contributed by atoms with Gasteiger partial charge in [0.1, 0.15) is 6.10 Å². The minimum atomic E-state index is -3.92. The molecule has 0 aliphatic carbocycles. The number of ether oxygens (including phenoxy) is 1. The number of nitrogens with two attached hydrogens (primary N) is 1. The first-order valence-corrected chi connectivity index (χ1v) is 8.30. The molecule has 2 aromatic carbocycles. The van der Waals surface area contributed by atoms with Crippen molar-refractivity contribution in [3.63, 3.8) is 0 Å². The Labute approximate surface area is 133 Å². The van der Waals surface area contributed by atoms with E-state index in [4.69, 9.17) is 21.5 Å². The van der Waals surface area contributed by atoms with Crippen LogP contribution < -0.4 is 5.14 Å². The van der Waals surface area contributed by atoms with Crippen molar-refractivity contribution in [2.24, 2.45) is 5.14 Å². The standard InChI is InChI=1S/C15H14ClNO4S/c1-10(11-5-3-2-4-6-11)21-15(18)13-9-12(22(17,19)20)7-8-14(13)16/h2-10H,1H3,(H2,17,19,20)/t10-/m0/s1. The zero-order chi connectivity index (χ0) is 16.3. The highest BCUT2D eigenvalue weighted by Gasteiger charge is 2.19. The molecule has 0 spiro atoms. The van der Waals surface area contributed by atoms with Crippen LogP contribution in [0.15, 0.2) is 53.4 Å². The van der Waals surface area contributed by atoms with Crippen LogP contribution in [-0.4, -0.2) is 14.4 Å². The molecule has 0 unspecified atom stereocenters. The lowest BCUT2D eigenvalue weighted by atomic mass is 10.1. The number of hydrogen-bond acceptors (Lipinski definition) is 4. The highest BCUT2D eigenvalue weighted by molar-refractivity contribution is 7.89. The van der Waals surface area contributed by atoms with Crippen molar-refractivity contribution in [3.05, 3.63) is 64.7 Å². The average molecular weight is 340 g/mol. The quantitative estimate of drug-likeness (QED) is 0.868. The molecule has 0 radical (unpaired) electrons. The van der Waals surface area contributed by atoms with E-state index in [1.807, 2.05) is 30.3 Å². The van der Waals surface area contributed by atoms with Gasteiger partial charge in [-0.15, -0.1) is 0 Å². The first kappa shape index (κ1) is 16.5. The zero-order valence-corrected chi connectivity index (χ0v) is 13.3. The van der Waals surface area contributed by atoms with Crippen LogP contribution in [0.25, 0.3) is 0 Å². The molecule has 2 N–H and O–H groups in total. The summed E-state index contributed by atoms with van der Waals surface area (Å²) >= 11 is 5.93. The Bertz CT molecular complexity index is 790. The first-order valence-electron chi connectivity index (χ1n) is 6.37. The predicted octanol–water partition coefficient (Wildman–Crippen LogP) is 2.91. The number of carbonyl (C=O) groups excluding carboxylic acids is 1. The summed E-state index contributed by atoms with van der Waals surface area (Å²) in [5.74, 6) is -0.716. The van der Waals surface area contributed by atoms with Gasteiger partial charge in [0.2, 0.25) is 10.0 Å². The van der Waals surface area contributed by atoms with E-state index < -0.39 is 22.1 Å². The predicted molar refractivity (Wildman–Crippen MR) is 83.1 cm³/mol. The normalized spacial score (nSPS) is 12.7. The molecule has 0 aromatic heterocycles. The topological polar surface area (TPSA) is 86.5 Å². The van der Waals surface area contributed by atoms with Gasteiger partial charge in [0.25, 0.3) is 0 Å². The van der Waals surface area contributed by atoms with Crippen LogP contribution in [0.4, 0.5) is 0 Å². The molecule has 5 nitrogen and oxygen atoms in total. The minimum absolute atomic E-state index is 0.0454. The summed E-state index contributed by atoms with van der Waals surface area (Å²) in [7, 11) is -3.92. The van der Waals surface area contributed by atoms with Crippen LogP contribution in [0, 0.1) is 0 Å². The summed E-state index contributed by atoms with van der Waals surface area (Å²) < 4.78 is 28.0. The number of rotatable bonds is 4. The molecular formula is C15H14ClNO4S. The minimum Gasteiger partial charge on any atom is -0.454 e. The molecule has 0 saturated heterocycles. The molecule has 116 valence electrons. The van der Waals surface area contributed by atoms with E-state index in [1.54, 1.807) is 6.92 Å². The van der Waals surface area contributed by atoms with Gasteiger partial charge < -0.3 is 4.74 Å². The molecule has 1 atom stereocenters. The number of carbonyl (C=O) groups is 1. The highest BCUT2D eigenvalue weighted by atomic mass is 35.5. The van der Waals surface area contributed by atoms with Crippen LogP contribution in [0.5, 0.6) is 0 Å². The zero-order valence-electron chi connectivity index (χ0n) is 11.7. The van der Waals surface area contributed by atoms with Gasteiger partial charge in [-0.25, -0.2) is 18.4 Å². The lowest BCUT2D eigenvalue weighted by Gasteiger charge is -2.14. The van der Waals surface area contributed by atoms with Gasteiger partial charge >= 0.3 is 5.97 Å². The number of primary sulfonamides is 1. The number of hydrogen-bond donors (Lipinski definition) is 1. The van der Waals surface area contributed by atoms with E-state index in [1.165, 1.54) is 12.1 Å². The van der Waals surface area contributed by atoms with E-state index in [0.717, 1.165) is 11.6 Å². The summed E-state index contributed by atoms with van der Waals surface area (Å²) in [6.07, 6.45) is -0.497. The SMILES string of the molecule is C[C@H](OC(=O)c1cc(S(N)(=O)=O)ccc1Cl)c1ccccc1. The fourth-order valence-electron chi connectivity index (χ4n) is 1.85. The summed E-state index contributed by atoms with van der Waals surface area (Å²) in [6.45, 7) is 1.71. The van der Waals surface area contributed by atoms with E-state index >= 15 is 0 Å². The largest absolute Gasteiger partial charge is 0.454 e. The second-order valence-electron chi connectivity index (χ2n) is 4.64. The van der Waals surface area contributed by atoms with E-state index in [9.17, 15) is 13.2 Å². The van der Waals surface area contributed by atoms with Gasteiger partial charge in [-0.3, -0.25) is 0 Å². The number of benzene rings is 2. The smallest absolute Gasteiger partial charge is 0.340 e. The van der Waals surface area contributed by atoms with Crippen LogP contribution in [-0.2, 0) is 14.8 Å². The van der Waals surface area contributed by atoms with E-state index in [-0.39, 0.29) is 15.5 Å². The Balaban J connectivity index is 2.26. The van der Waals surface area contributed by atoms with Gasteiger partial charge in [0.15, 0.2) is 0 Å². The van der Waals surface area contributed by atoms with Gasteiger partial charge in [0, 0.05) is 0 Å². The Morgan fingerprint density at radius 1 is 1.18 bits per heavy atom. The molecular weight excluding hydrogens is 326 g/mol. The third-order valence-corrected chi connectivity index (χ3v) is 4.28. The molecule has 0 bridgehead atoms. The van der Waals surface area contributed by atoms with E-state index in [2.05, 4.69) is 0 Å². The molecule has 0 saturated carbocycles. The maximum absolute atomic E-state index is 12.2. The number of halogens is 1. The molecule has 0 aliphatic rings. The molecule has 7 heteroatoms. The Morgan fingerprint density at radius 2 is 1.82 bits per heavy atom. The summed E-state index contributed by atoms with van der Waals surface area (Å²) in [5, 5.41) is 5.14. The van der Waals surface area contributed by atoms with E-state index in [0.29, 0.717) is 0 Å². The maximum Gasteiger partial charge on any atom is 0.340 e. The van der Waals surface area contributed by atoms with Crippen molar-refractivity contribution < 1.29 is 17.9 Å². The van der Waals surface area contributed by atoms with Gasteiger partial charge in [-0.2, -0.15) is 0 Å². The van der Waals surface area contributed by atoms with Gasteiger partial charge in [0.05, 0.1) is 15.5 Å². The Kier molecular flexibility index (Phi) is 4.85. The average Bonchev–Trinajstić information content (AvgIpc) is 2.47. The van der Waals surface area contributed by atoms with Crippen molar-refractivity contribution in [3.8, 4) is 0 Å². The lowest BCUT2D eigenvalue weighted by molar-refractivity contribution is 0.0338. The van der Waals surface area contributed by atoms with Crippen molar-refractivity contribution in [2.75, 3.05) is 0 Å². The third kappa shape index (κ3) is 3.85. The summed E-state index contributed by atoms with van der Waals surface area (Å²) in [6, 6.07) is 12.8. The van der Waals surface area contributed by atoms with Crippen molar-refractivity contribution in [1.29, 1.82) is 0 Å². The Morgan fingerprint density at radius 3 is 2.41 bits per heavy atom. The summed E-state index contributed by atoms with van der Waals surface area (Å²) in [4.78, 5) is 12.0. The second kappa shape index (κ2) is 6.48. The Hall–Kier alpha value is -1.89. The number of esters is 1. The third-order valence-electron chi connectivity index (χ3n) is 3.04. The van der Waals surface area contributed by atoms with Crippen molar-refractivity contribution in [1.82, 2.24) is 0 Å². The molecule has 0 aliphatic heterocycles. The maximum atomic E-state index is 12.2. The highest BCUT2D eigenvalue weighted by Crippen LogP contribution is 2.24. The monoisotopic (exact) mass is 339 g/mol. The fraction of sp³-hybridized carbons (Fsp3) is 0.133. The van der Waals surface area contributed by atoms with Gasteiger partial charge in [-0.05, 0) is 30.7 Å². The van der Waals surface area contributed by atoms with Crippen molar-refractivity contribution in [2.45, 2.75) is 17.9 Å². The fourth-order valence-corrected chi connectivity index (χ4v) is 2.59. The second-order valence-corrected chi connectivity index (χ2v) is 6.61.